The summed E-state index contributed by atoms with van der Waals surface area (Å²) >= 11 is 1.08. The highest BCUT2D eigenvalue weighted by atomic mass is 32.1. The molecule has 0 bridgehead atoms. The highest BCUT2D eigenvalue weighted by Gasteiger charge is 2.10. The summed E-state index contributed by atoms with van der Waals surface area (Å²) in [7, 11) is 0. The topological polar surface area (TPSA) is 43.1 Å². The van der Waals surface area contributed by atoms with Crippen molar-refractivity contribution in [2.45, 2.75) is 0 Å². The van der Waals surface area contributed by atoms with E-state index in [0.717, 1.165) is 21.8 Å². The average molecular weight is 223 g/mol. The molecule has 1 aromatic heterocycles. The molecule has 76 valence electrons. The third-order valence-corrected chi connectivity index (χ3v) is 2.99. The Balaban J connectivity index is 2.37. The van der Waals surface area contributed by atoms with Crippen LogP contribution in [0.25, 0.3) is 10.4 Å². The van der Waals surface area contributed by atoms with Gasteiger partial charge in [0.1, 0.15) is 5.82 Å². The number of rotatable bonds is 2. The van der Waals surface area contributed by atoms with Crippen LogP contribution in [0, 0.1) is 15.9 Å². The first kappa shape index (κ1) is 9.79. The molecule has 0 aliphatic carbocycles. The van der Waals surface area contributed by atoms with Gasteiger partial charge in [0.2, 0.25) is 0 Å². The van der Waals surface area contributed by atoms with Crippen molar-refractivity contribution in [3.8, 4) is 10.4 Å². The van der Waals surface area contributed by atoms with Crippen molar-refractivity contribution in [3.63, 3.8) is 0 Å². The van der Waals surface area contributed by atoms with Crippen molar-refractivity contribution in [1.82, 2.24) is 0 Å². The van der Waals surface area contributed by atoms with E-state index >= 15 is 0 Å². The van der Waals surface area contributed by atoms with Gasteiger partial charge in [0.05, 0.1) is 4.92 Å². The molecule has 15 heavy (non-hydrogen) atoms. The predicted octanol–water partition coefficient (Wildman–Crippen LogP) is 3.46. The average Bonchev–Trinajstić information content (AvgIpc) is 2.68. The Labute approximate surface area is 88.9 Å². The predicted molar refractivity (Wildman–Crippen MR) is 56.4 cm³/mol. The molecule has 0 aliphatic heterocycles. The Hall–Kier alpha value is -1.75. The zero-order valence-corrected chi connectivity index (χ0v) is 8.33. The van der Waals surface area contributed by atoms with E-state index in [4.69, 9.17) is 0 Å². The second kappa shape index (κ2) is 3.78. The Morgan fingerprint density at radius 3 is 2.33 bits per heavy atom. The molecule has 0 fully saturated rings. The van der Waals surface area contributed by atoms with Crippen molar-refractivity contribution in [2.75, 3.05) is 0 Å². The van der Waals surface area contributed by atoms with Crippen LogP contribution in [0.2, 0.25) is 0 Å². The monoisotopic (exact) mass is 223 g/mol. The molecule has 0 unspecified atom stereocenters. The summed E-state index contributed by atoms with van der Waals surface area (Å²) in [4.78, 5) is 10.8. The fourth-order valence-corrected chi connectivity index (χ4v) is 2.02. The number of nitro groups is 1. The van der Waals surface area contributed by atoms with Gasteiger partial charge in [-0.1, -0.05) is 23.5 Å². The molecule has 0 radical (unpaired) electrons. The van der Waals surface area contributed by atoms with Gasteiger partial charge >= 0.3 is 5.00 Å². The fraction of sp³-hybridized carbons (Fsp3) is 0. The Bertz CT molecular complexity index is 492. The standard InChI is InChI=1S/C10H6FNO2S/c11-8-3-1-7(2-4-8)9-5-6-10(15-9)12(13)14/h1-6H. The molecule has 0 spiro atoms. The van der Waals surface area contributed by atoms with Crippen LogP contribution in [0.4, 0.5) is 9.39 Å². The van der Waals surface area contributed by atoms with E-state index in [1.165, 1.54) is 18.2 Å². The summed E-state index contributed by atoms with van der Waals surface area (Å²) in [6.07, 6.45) is 0. The van der Waals surface area contributed by atoms with Crippen LogP contribution >= 0.6 is 11.3 Å². The van der Waals surface area contributed by atoms with Crippen molar-refractivity contribution >= 4 is 16.3 Å². The highest BCUT2D eigenvalue weighted by molar-refractivity contribution is 7.18. The zero-order valence-electron chi connectivity index (χ0n) is 7.51. The molecule has 0 N–H and O–H groups in total. The Morgan fingerprint density at radius 1 is 1.13 bits per heavy atom. The van der Waals surface area contributed by atoms with Crippen molar-refractivity contribution in [3.05, 3.63) is 52.3 Å². The van der Waals surface area contributed by atoms with Crippen LogP contribution in [0.5, 0.6) is 0 Å². The molecule has 1 aromatic carbocycles. The molecule has 0 saturated carbocycles. The first-order valence-electron chi connectivity index (χ1n) is 4.17. The molecule has 1 heterocycles. The van der Waals surface area contributed by atoms with Gasteiger partial charge in [-0.2, -0.15) is 0 Å². The van der Waals surface area contributed by atoms with E-state index < -0.39 is 4.92 Å². The van der Waals surface area contributed by atoms with E-state index in [0.29, 0.717) is 0 Å². The van der Waals surface area contributed by atoms with Crippen molar-refractivity contribution in [2.24, 2.45) is 0 Å². The van der Waals surface area contributed by atoms with E-state index in [2.05, 4.69) is 0 Å². The minimum Gasteiger partial charge on any atom is -0.258 e. The van der Waals surface area contributed by atoms with Gasteiger partial charge in [0, 0.05) is 10.9 Å². The van der Waals surface area contributed by atoms with Crippen molar-refractivity contribution in [1.29, 1.82) is 0 Å². The fourth-order valence-electron chi connectivity index (χ4n) is 1.20. The first-order chi connectivity index (χ1) is 7.16. The molecule has 2 rings (SSSR count). The van der Waals surface area contributed by atoms with Gasteiger partial charge in [-0.3, -0.25) is 10.1 Å². The van der Waals surface area contributed by atoms with Gasteiger partial charge in [-0.05, 0) is 23.8 Å². The molecule has 0 aliphatic rings. The summed E-state index contributed by atoms with van der Waals surface area (Å²) in [5.41, 5.74) is 0.787. The third kappa shape index (κ3) is 2.02. The Kier molecular flexibility index (Phi) is 2.47. The number of hydrogen-bond donors (Lipinski definition) is 0. The van der Waals surface area contributed by atoms with Gasteiger partial charge in [0.15, 0.2) is 0 Å². The quantitative estimate of drug-likeness (QED) is 0.578. The second-order valence-electron chi connectivity index (χ2n) is 2.90. The van der Waals surface area contributed by atoms with Crippen LogP contribution in [-0.2, 0) is 0 Å². The van der Waals surface area contributed by atoms with Crippen LogP contribution in [0.3, 0.4) is 0 Å². The number of nitrogens with zero attached hydrogens (tertiary/aromatic N) is 1. The SMILES string of the molecule is O=[N+]([O-])c1ccc(-c2ccc(F)cc2)s1. The Morgan fingerprint density at radius 2 is 1.80 bits per heavy atom. The van der Waals surface area contributed by atoms with Gasteiger partial charge in [0.25, 0.3) is 0 Å². The van der Waals surface area contributed by atoms with Crippen LogP contribution < -0.4 is 0 Å². The number of thiophene rings is 1. The summed E-state index contributed by atoms with van der Waals surface area (Å²) in [5.74, 6) is -0.315. The molecule has 5 heteroatoms. The minimum absolute atomic E-state index is 0.0920. The molecule has 3 nitrogen and oxygen atoms in total. The van der Waals surface area contributed by atoms with Gasteiger partial charge in [-0.25, -0.2) is 4.39 Å². The van der Waals surface area contributed by atoms with Crippen LogP contribution in [0.1, 0.15) is 0 Å². The zero-order chi connectivity index (χ0) is 10.8. The maximum absolute atomic E-state index is 12.6. The number of hydrogen-bond acceptors (Lipinski definition) is 3. The summed E-state index contributed by atoms with van der Waals surface area (Å²) < 4.78 is 12.6. The molecule has 0 saturated heterocycles. The lowest BCUT2D eigenvalue weighted by Gasteiger charge is -1.94. The summed E-state index contributed by atoms with van der Waals surface area (Å²) in [6, 6.07) is 8.98. The van der Waals surface area contributed by atoms with Crippen LogP contribution in [-0.4, -0.2) is 4.92 Å². The maximum atomic E-state index is 12.6. The molecule has 0 atom stereocenters. The van der Waals surface area contributed by atoms with E-state index in [1.54, 1.807) is 18.2 Å². The third-order valence-electron chi connectivity index (χ3n) is 1.90. The smallest absolute Gasteiger partial charge is 0.258 e. The number of benzene rings is 1. The van der Waals surface area contributed by atoms with E-state index in [9.17, 15) is 14.5 Å². The van der Waals surface area contributed by atoms with Gasteiger partial charge < -0.3 is 0 Å². The maximum Gasteiger partial charge on any atom is 0.324 e. The largest absolute Gasteiger partial charge is 0.324 e. The molecular weight excluding hydrogens is 217 g/mol. The lowest BCUT2D eigenvalue weighted by molar-refractivity contribution is -0.380. The normalized spacial score (nSPS) is 10.2. The first-order valence-corrected chi connectivity index (χ1v) is 4.98. The van der Waals surface area contributed by atoms with E-state index in [1.807, 2.05) is 0 Å². The van der Waals surface area contributed by atoms with Crippen LogP contribution in [0.15, 0.2) is 36.4 Å². The van der Waals surface area contributed by atoms with Gasteiger partial charge in [-0.15, -0.1) is 0 Å². The summed E-state index contributed by atoms with van der Waals surface area (Å²) in [5, 5.41) is 10.5. The highest BCUT2D eigenvalue weighted by Crippen LogP contribution is 2.32. The summed E-state index contributed by atoms with van der Waals surface area (Å²) in [6.45, 7) is 0. The van der Waals surface area contributed by atoms with Crippen molar-refractivity contribution < 1.29 is 9.31 Å². The second-order valence-corrected chi connectivity index (χ2v) is 3.96. The molecular formula is C10H6FNO2S. The number of halogens is 1. The van der Waals surface area contributed by atoms with E-state index in [-0.39, 0.29) is 10.8 Å². The molecule has 2 aromatic rings. The lowest BCUT2D eigenvalue weighted by atomic mass is 10.2. The minimum atomic E-state index is -0.433. The molecule has 0 amide bonds. The lowest BCUT2D eigenvalue weighted by Crippen LogP contribution is -1.80.